The molecule has 1 aliphatic carbocycles. The zero-order chi connectivity index (χ0) is 11.8. The van der Waals surface area contributed by atoms with Crippen LogP contribution in [-0.4, -0.2) is 7.05 Å². The molecule has 0 saturated carbocycles. The van der Waals surface area contributed by atoms with Gasteiger partial charge in [-0.1, -0.05) is 37.3 Å². The third-order valence-electron chi connectivity index (χ3n) is 3.70. The molecule has 1 aliphatic heterocycles. The molecule has 0 N–H and O–H groups in total. The molecule has 1 heterocycles. The summed E-state index contributed by atoms with van der Waals surface area (Å²) in [5.74, 6) is 0.561. The Morgan fingerprint density at radius 3 is 2.88 bits per heavy atom. The lowest BCUT2D eigenvalue weighted by atomic mass is 9.85. The molecule has 1 aromatic rings. The van der Waals surface area contributed by atoms with Gasteiger partial charge in [-0.25, -0.2) is 0 Å². The first kappa shape index (κ1) is 10.4. The molecule has 1 nitrogen and oxygen atoms in total. The van der Waals surface area contributed by atoms with Crippen molar-refractivity contribution in [1.29, 1.82) is 0 Å². The second kappa shape index (κ2) is 3.92. The van der Waals surface area contributed by atoms with Crippen LogP contribution in [0.25, 0.3) is 6.08 Å². The number of hydrogen-bond acceptors (Lipinski definition) is 1. The van der Waals surface area contributed by atoms with Gasteiger partial charge in [0, 0.05) is 24.4 Å². The van der Waals surface area contributed by atoms with E-state index in [4.69, 9.17) is 0 Å². The molecule has 3 rings (SSSR count). The molecule has 86 valence electrons. The van der Waals surface area contributed by atoms with E-state index < -0.39 is 0 Å². The van der Waals surface area contributed by atoms with E-state index in [0.717, 1.165) is 6.42 Å². The fourth-order valence-corrected chi connectivity index (χ4v) is 2.73. The molecule has 1 unspecified atom stereocenters. The minimum absolute atomic E-state index is 0.561. The monoisotopic (exact) mass is 223 g/mol. The maximum absolute atomic E-state index is 2.35. The van der Waals surface area contributed by atoms with Crippen molar-refractivity contribution in [2.75, 3.05) is 11.9 Å². The molecule has 0 fully saturated rings. The Kier molecular flexibility index (Phi) is 2.40. The lowest BCUT2D eigenvalue weighted by Crippen LogP contribution is -2.25. The molecular formula is C16H17N. The summed E-state index contributed by atoms with van der Waals surface area (Å²) in [5.41, 5.74) is 5.43. The smallest absolute Gasteiger partial charge is 0.0481 e. The number of allylic oxidation sites excluding steroid dienone is 4. The predicted molar refractivity (Wildman–Crippen MR) is 73.8 cm³/mol. The third-order valence-corrected chi connectivity index (χ3v) is 3.70. The minimum Gasteiger partial charge on any atom is -0.344 e. The number of nitrogens with zero attached hydrogens (tertiary/aromatic N) is 1. The minimum atomic E-state index is 0.561. The van der Waals surface area contributed by atoms with Gasteiger partial charge in [0.25, 0.3) is 0 Å². The van der Waals surface area contributed by atoms with Gasteiger partial charge in [-0.15, -0.1) is 0 Å². The van der Waals surface area contributed by atoms with Crippen LogP contribution in [0.2, 0.25) is 0 Å². The average Bonchev–Trinajstić information content (AvgIpc) is 2.38. The van der Waals surface area contributed by atoms with Gasteiger partial charge in [0.05, 0.1) is 0 Å². The topological polar surface area (TPSA) is 3.24 Å². The van der Waals surface area contributed by atoms with E-state index >= 15 is 0 Å². The molecular weight excluding hydrogens is 206 g/mol. The van der Waals surface area contributed by atoms with E-state index in [0.29, 0.717) is 5.92 Å². The van der Waals surface area contributed by atoms with Gasteiger partial charge in [-0.3, -0.25) is 0 Å². The summed E-state index contributed by atoms with van der Waals surface area (Å²) in [7, 11) is 2.16. The maximum Gasteiger partial charge on any atom is 0.0481 e. The first-order chi connectivity index (χ1) is 8.31. The largest absolute Gasteiger partial charge is 0.344 e. The van der Waals surface area contributed by atoms with Crippen LogP contribution in [0, 0.1) is 5.92 Å². The van der Waals surface area contributed by atoms with E-state index in [1.165, 1.54) is 22.5 Å². The van der Waals surface area contributed by atoms with E-state index in [1.807, 2.05) is 0 Å². The summed E-state index contributed by atoms with van der Waals surface area (Å²) in [4.78, 5) is 2.30. The number of likely N-dealkylation sites (N-methyl/N-ethyl adjacent to an activating group) is 1. The molecule has 0 amide bonds. The van der Waals surface area contributed by atoms with Gasteiger partial charge in [0.1, 0.15) is 0 Å². The van der Waals surface area contributed by atoms with Crippen molar-refractivity contribution in [3.8, 4) is 0 Å². The van der Waals surface area contributed by atoms with Crippen molar-refractivity contribution < 1.29 is 0 Å². The van der Waals surface area contributed by atoms with E-state index in [-0.39, 0.29) is 0 Å². The summed E-state index contributed by atoms with van der Waals surface area (Å²) < 4.78 is 0. The second-order valence-corrected chi connectivity index (χ2v) is 4.67. The van der Waals surface area contributed by atoms with Crippen LogP contribution in [0.5, 0.6) is 0 Å². The second-order valence-electron chi connectivity index (χ2n) is 4.67. The Morgan fingerprint density at radius 1 is 1.24 bits per heavy atom. The van der Waals surface area contributed by atoms with Crippen LogP contribution in [0.15, 0.2) is 53.8 Å². The highest BCUT2D eigenvalue weighted by Gasteiger charge is 2.24. The van der Waals surface area contributed by atoms with Gasteiger partial charge < -0.3 is 4.90 Å². The molecule has 17 heavy (non-hydrogen) atoms. The summed E-state index contributed by atoms with van der Waals surface area (Å²) in [6, 6.07) is 8.59. The van der Waals surface area contributed by atoms with Crippen LogP contribution in [0.1, 0.15) is 18.9 Å². The van der Waals surface area contributed by atoms with Crippen molar-refractivity contribution in [2.24, 2.45) is 5.92 Å². The molecule has 1 heteroatoms. The highest BCUT2D eigenvalue weighted by Crippen LogP contribution is 2.39. The molecule has 1 aromatic carbocycles. The first-order valence-electron chi connectivity index (χ1n) is 6.24. The molecule has 2 aliphatic rings. The fourth-order valence-electron chi connectivity index (χ4n) is 2.73. The molecule has 0 spiro atoms. The van der Waals surface area contributed by atoms with Crippen molar-refractivity contribution in [1.82, 2.24) is 0 Å². The molecule has 0 aromatic heterocycles. The van der Waals surface area contributed by atoms with E-state index in [1.54, 1.807) is 0 Å². The Morgan fingerprint density at radius 2 is 2.06 bits per heavy atom. The quantitative estimate of drug-likeness (QED) is 0.695. The Balaban J connectivity index is 2.17. The summed E-state index contributed by atoms with van der Waals surface area (Å²) in [6.45, 7) is 2.25. The lowest BCUT2D eigenvalue weighted by Gasteiger charge is -2.34. The number of anilines is 1. The van der Waals surface area contributed by atoms with Gasteiger partial charge in [0.15, 0.2) is 0 Å². The van der Waals surface area contributed by atoms with Crippen molar-refractivity contribution >= 4 is 11.8 Å². The van der Waals surface area contributed by atoms with Crippen LogP contribution in [0.3, 0.4) is 0 Å². The zero-order valence-electron chi connectivity index (χ0n) is 10.4. The van der Waals surface area contributed by atoms with Crippen LogP contribution in [0.4, 0.5) is 5.69 Å². The fraction of sp³-hybridized carbons (Fsp3) is 0.250. The number of para-hydroxylation sites is 1. The highest BCUT2D eigenvalue weighted by atomic mass is 15.1. The van der Waals surface area contributed by atoms with Crippen molar-refractivity contribution in [3.05, 3.63) is 59.3 Å². The van der Waals surface area contributed by atoms with Crippen molar-refractivity contribution in [3.63, 3.8) is 0 Å². The van der Waals surface area contributed by atoms with Gasteiger partial charge in [-0.2, -0.15) is 0 Å². The predicted octanol–water partition coefficient (Wildman–Crippen LogP) is 4.00. The van der Waals surface area contributed by atoms with E-state index in [2.05, 4.69) is 67.4 Å². The van der Waals surface area contributed by atoms with E-state index in [9.17, 15) is 0 Å². The third kappa shape index (κ3) is 1.54. The Hall–Kier alpha value is -1.76. The lowest BCUT2D eigenvalue weighted by molar-refractivity contribution is 0.722. The van der Waals surface area contributed by atoms with Crippen molar-refractivity contribution in [2.45, 2.75) is 13.3 Å². The van der Waals surface area contributed by atoms with Gasteiger partial charge >= 0.3 is 0 Å². The number of fused-ring (bicyclic) bond motifs is 2. The SMILES string of the molecule is CCC1C=CC=C2C1=Cc1ccccc1N2C. The standard InChI is InChI=1S/C16H17N/c1-3-12-8-6-10-16-14(12)11-13-7-4-5-9-15(13)17(16)2/h4-12H,3H2,1-2H3. The number of hydrogen-bond donors (Lipinski definition) is 0. The zero-order valence-corrected chi connectivity index (χ0v) is 10.4. The number of benzene rings is 1. The summed E-state index contributed by atoms with van der Waals surface area (Å²) >= 11 is 0. The molecule has 0 bridgehead atoms. The molecule has 0 saturated heterocycles. The normalized spacial score (nSPS) is 21.5. The first-order valence-corrected chi connectivity index (χ1v) is 6.24. The Labute approximate surface area is 103 Å². The van der Waals surface area contributed by atoms with Gasteiger partial charge in [0.2, 0.25) is 0 Å². The van der Waals surface area contributed by atoms with Crippen LogP contribution < -0.4 is 4.90 Å². The van der Waals surface area contributed by atoms with Gasteiger partial charge in [-0.05, 0) is 35.8 Å². The maximum atomic E-state index is 2.35. The number of rotatable bonds is 1. The summed E-state index contributed by atoms with van der Waals surface area (Å²) in [6.07, 6.45) is 10.2. The summed E-state index contributed by atoms with van der Waals surface area (Å²) in [5, 5.41) is 0. The molecule has 1 atom stereocenters. The molecule has 0 radical (unpaired) electrons. The Bertz CT molecular complexity index is 534. The average molecular weight is 223 g/mol. The van der Waals surface area contributed by atoms with Crippen LogP contribution >= 0.6 is 0 Å². The van der Waals surface area contributed by atoms with Crippen LogP contribution in [-0.2, 0) is 0 Å². The highest BCUT2D eigenvalue weighted by molar-refractivity contribution is 5.80.